The molecule has 0 fully saturated rings. The van der Waals surface area contributed by atoms with E-state index in [0.717, 1.165) is 16.9 Å². The highest BCUT2D eigenvalue weighted by atomic mass is 16.5. The van der Waals surface area contributed by atoms with Gasteiger partial charge in [0.05, 0.1) is 18.3 Å². The third kappa shape index (κ3) is 4.75. The van der Waals surface area contributed by atoms with Crippen LogP contribution in [0, 0.1) is 0 Å². The summed E-state index contributed by atoms with van der Waals surface area (Å²) in [5.41, 5.74) is 2.28. The first kappa shape index (κ1) is 21.1. The van der Waals surface area contributed by atoms with Gasteiger partial charge in [-0.1, -0.05) is 60.7 Å². The number of nitrogens with one attached hydrogen (secondary N) is 1. The Kier molecular flexibility index (Phi) is 6.41. The van der Waals surface area contributed by atoms with Crippen LogP contribution in [0.15, 0.2) is 102 Å². The van der Waals surface area contributed by atoms with Gasteiger partial charge in [0.25, 0.3) is 11.5 Å². The maximum atomic E-state index is 13.2. The van der Waals surface area contributed by atoms with Crippen LogP contribution < -0.4 is 15.6 Å². The van der Waals surface area contributed by atoms with Gasteiger partial charge < -0.3 is 10.1 Å². The molecule has 4 aromatic rings. The van der Waals surface area contributed by atoms with Crippen molar-refractivity contribution in [3.8, 4) is 11.4 Å². The van der Waals surface area contributed by atoms with Gasteiger partial charge in [-0.15, -0.1) is 0 Å². The molecule has 32 heavy (non-hydrogen) atoms. The van der Waals surface area contributed by atoms with Gasteiger partial charge in [-0.25, -0.2) is 0 Å². The quantitative estimate of drug-likeness (QED) is 0.483. The molecule has 1 amide bonds. The van der Waals surface area contributed by atoms with E-state index >= 15 is 0 Å². The van der Waals surface area contributed by atoms with Crippen molar-refractivity contribution in [2.24, 2.45) is 0 Å². The van der Waals surface area contributed by atoms with Crippen molar-refractivity contribution < 1.29 is 9.53 Å². The Morgan fingerprint density at radius 2 is 1.50 bits per heavy atom. The molecule has 3 aromatic carbocycles. The molecule has 1 heterocycles. The first-order valence-corrected chi connectivity index (χ1v) is 10.4. The number of amides is 1. The summed E-state index contributed by atoms with van der Waals surface area (Å²) in [4.78, 5) is 25.5. The van der Waals surface area contributed by atoms with E-state index in [1.165, 1.54) is 16.8 Å². The maximum Gasteiger partial charge on any atom is 0.272 e. The number of nitrogens with zero attached hydrogens (tertiary/aromatic N) is 2. The van der Waals surface area contributed by atoms with Crippen molar-refractivity contribution in [1.82, 2.24) is 15.1 Å². The molecular weight excluding hydrogens is 402 g/mol. The number of carbonyl (C=O) groups is 1. The number of aromatic nitrogens is 2. The van der Waals surface area contributed by atoms with E-state index in [0.29, 0.717) is 12.3 Å². The molecule has 6 heteroatoms. The monoisotopic (exact) mass is 425 g/mol. The van der Waals surface area contributed by atoms with Gasteiger partial charge in [-0.05, 0) is 48.4 Å². The maximum absolute atomic E-state index is 13.2. The molecule has 1 aromatic heterocycles. The number of rotatable bonds is 7. The molecule has 1 N–H and O–H groups in total. The summed E-state index contributed by atoms with van der Waals surface area (Å²) in [5.74, 6) is 0.392. The lowest BCUT2D eigenvalue weighted by Crippen LogP contribution is -2.32. The number of benzene rings is 3. The molecule has 6 nitrogen and oxygen atoms in total. The van der Waals surface area contributed by atoms with Crippen LogP contribution in [-0.2, 0) is 0 Å². The first-order chi connectivity index (χ1) is 15.7. The Hall–Kier alpha value is -4.19. The van der Waals surface area contributed by atoms with Crippen molar-refractivity contribution >= 4 is 5.91 Å². The number of carbonyl (C=O) groups excluding carboxylic acids is 1. The van der Waals surface area contributed by atoms with E-state index in [9.17, 15) is 9.59 Å². The summed E-state index contributed by atoms with van der Waals surface area (Å²) in [6.45, 7) is 2.52. The van der Waals surface area contributed by atoms with Gasteiger partial charge >= 0.3 is 0 Å². The average molecular weight is 425 g/mol. The summed E-state index contributed by atoms with van der Waals surface area (Å²) < 4.78 is 6.76. The van der Waals surface area contributed by atoms with Crippen molar-refractivity contribution in [1.29, 1.82) is 0 Å². The Bertz CT molecular complexity index is 1240. The van der Waals surface area contributed by atoms with Crippen molar-refractivity contribution in [3.63, 3.8) is 0 Å². The fourth-order valence-electron chi connectivity index (χ4n) is 3.42. The van der Waals surface area contributed by atoms with Crippen LogP contribution >= 0.6 is 0 Å². The smallest absolute Gasteiger partial charge is 0.272 e. The number of hydrogen-bond donors (Lipinski definition) is 1. The summed E-state index contributed by atoms with van der Waals surface area (Å²) in [6.07, 6.45) is 0. The standard InChI is InChI=1S/C26H23N3O3/c1-2-32-22-15-13-20(14-16-22)25(19-9-5-3-6-10-19)27-26(31)23-17-18-24(30)29(28-23)21-11-7-4-8-12-21/h3-18,25H,2H2,1H3,(H,27,31)/t25-/m0/s1. The normalized spacial score (nSPS) is 11.5. The van der Waals surface area contributed by atoms with E-state index in [4.69, 9.17) is 4.74 Å². The number of para-hydroxylation sites is 1. The minimum absolute atomic E-state index is 0.153. The lowest BCUT2D eigenvalue weighted by atomic mass is 9.98. The second-order valence-corrected chi connectivity index (χ2v) is 7.12. The average Bonchev–Trinajstić information content (AvgIpc) is 2.84. The molecular formula is C26H23N3O3. The molecule has 0 radical (unpaired) electrons. The summed E-state index contributed by atoms with van der Waals surface area (Å²) >= 11 is 0. The SMILES string of the molecule is CCOc1ccc([C@@H](NC(=O)c2ccc(=O)n(-c3ccccc3)n2)c2ccccc2)cc1. The highest BCUT2D eigenvalue weighted by molar-refractivity contribution is 5.92. The predicted octanol–water partition coefficient (Wildman–Crippen LogP) is 4.15. The highest BCUT2D eigenvalue weighted by Crippen LogP contribution is 2.24. The lowest BCUT2D eigenvalue weighted by Gasteiger charge is -2.20. The highest BCUT2D eigenvalue weighted by Gasteiger charge is 2.19. The van der Waals surface area contributed by atoms with Crippen molar-refractivity contribution in [2.75, 3.05) is 6.61 Å². The van der Waals surface area contributed by atoms with Crippen LogP contribution in [0.5, 0.6) is 5.75 Å². The van der Waals surface area contributed by atoms with Gasteiger partial charge in [-0.2, -0.15) is 9.78 Å². The van der Waals surface area contributed by atoms with E-state index in [2.05, 4.69) is 10.4 Å². The van der Waals surface area contributed by atoms with Gasteiger partial charge in [0.15, 0.2) is 0 Å². The molecule has 160 valence electrons. The number of hydrogen-bond acceptors (Lipinski definition) is 4. The molecule has 0 aliphatic heterocycles. The van der Waals surface area contributed by atoms with Gasteiger partial charge in [0.2, 0.25) is 0 Å². The zero-order valence-corrected chi connectivity index (χ0v) is 17.6. The van der Waals surface area contributed by atoms with Crippen molar-refractivity contribution in [3.05, 3.63) is 124 Å². The largest absolute Gasteiger partial charge is 0.494 e. The second-order valence-electron chi connectivity index (χ2n) is 7.12. The van der Waals surface area contributed by atoms with Crippen molar-refractivity contribution in [2.45, 2.75) is 13.0 Å². The zero-order valence-electron chi connectivity index (χ0n) is 17.6. The van der Waals surface area contributed by atoms with Gasteiger partial charge in [0.1, 0.15) is 11.4 Å². The van der Waals surface area contributed by atoms with E-state index in [-0.39, 0.29) is 17.2 Å². The Morgan fingerprint density at radius 1 is 0.875 bits per heavy atom. The molecule has 0 saturated carbocycles. The predicted molar refractivity (Wildman–Crippen MR) is 123 cm³/mol. The number of ether oxygens (including phenoxy) is 1. The van der Waals surface area contributed by atoms with Crippen LogP contribution in [0.4, 0.5) is 0 Å². The van der Waals surface area contributed by atoms with Crippen LogP contribution in [0.3, 0.4) is 0 Å². The molecule has 1 atom stereocenters. The molecule has 0 unspecified atom stereocenters. The topological polar surface area (TPSA) is 73.2 Å². The third-order valence-electron chi connectivity index (χ3n) is 4.97. The first-order valence-electron chi connectivity index (χ1n) is 10.4. The third-order valence-corrected chi connectivity index (χ3v) is 4.97. The fourth-order valence-corrected chi connectivity index (χ4v) is 3.42. The summed E-state index contributed by atoms with van der Waals surface area (Å²) in [5, 5.41) is 7.35. The lowest BCUT2D eigenvalue weighted by molar-refractivity contribution is 0.0936. The minimum atomic E-state index is -0.390. The van der Waals surface area contributed by atoms with Crippen LogP contribution in [0.25, 0.3) is 5.69 Å². The van der Waals surface area contributed by atoms with Gasteiger partial charge in [0, 0.05) is 6.07 Å². The molecule has 0 aliphatic carbocycles. The Morgan fingerprint density at radius 3 is 2.16 bits per heavy atom. The zero-order chi connectivity index (χ0) is 22.3. The Labute approximate surface area is 186 Å². The van der Waals surface area contributed by atoms with Crippen LogP contribution in [0.2, 0.25) is 0 Å². The van der Waals surface area contributed by atoms with E-state index in [1.807, 2.05) is 79.7 Å². The Balaban J connectivity index is 1.65. The minimum Gasteiger partial charge on any atom is -0.494 e. The summed E-state index contributed by atoms with van der Waals surface area (Å²) in [6, 6.07) is 28.7. The molecule has 0 bridgehead atoms. The van der Waals surface area contributed by atoms with Gasteiger partial charge in [-0.3, -0.25) is 9.59 Å². The fraction of sp³-hybridized carbons (Fsp3) is 0.115. The van der Waals surface area contributed by atoms with E-state index < -0.39 is 6.04 Å². The second kappa shape index (κ2) is 9.75. The molecule has 4 rings (SSSR count). The van der Waals surface area contributed by atoms with E-state index in [1.54, 1.807) is 12.1 Å². The molecule has 0 saturated heterocycles. The summed E-state index contributed by atoms with van der Waals surface area (Å²) in [7, 11) is 0. The van der Waals surface area contributed by atoms with Crippen LogP contribution in [0.1, 0.15) is 34.6 Å². The molecule has 0 spiro atoms. The molecule has 0 aliphatic rings. The van der Waals surface area contributed by atoms with Crippen LogP contribution in [-0.4, -0.2) is 22.3 Å².